The van der Waals surface area contributed by atoms with Crippen LogP contribution in [-0.4, -0.2) is 45.9 Å². The molecule has 1 atom stereocenters. The zero-order valence-electron chi connectivity index (χ0n) is 13.3. The normalized spacial score (nSPS) is 22.1. The van der Waals surface area contributed by atoms with Gasteiger partial charge in [0.2, 0.25) is 11.8 Å². The molecule has 2 saturated heterocycles. The Kier molecular flexibility index (Phi) is 3.63. The molecule has 2 aliphatic heterocycles. The monoisotopic (exact) mass is 328 g/mol. The summed E-state index contributed by atoms with van der Waals surface area (Å²) in [6.07, 6.45) is 1.80. The number of H-pyrrole nitrogens is 1. The highest BCUT2D eigenvalue weighted by Gasteiger charge is 2.33. The topological polar surface area (TPSA) is 87.2 Å². The summed E-state index contributed by atoms with van der Waals surface area (Å²) in [5.41, 5.74) is 1.67. The number of rotatable bonds is 2. The predicted molar refractivity (Wildman–Crippen MR) is 88.5 cm³/mol. The van der Waals surface area contributed by atoms with E-state index in [2.05, 4.69) is 10.3 Å². The van der Waals surface area contributed by atoms with E-state index in [9.17, 15) is 14.4 Å². The van der Waals surface area contributed by atoms with Crippen LogP contribution in [0.3, 0.4) is 0 Å². The van der Waals surface area contributed by atoms with Gasteiger partial charge in [-0.3, -0.25) is 14.2 Å². The van der Waals surface area contributed by atoms with Crippen LogP contribution in [0.25, 0.3) is 11.0 Å². The van der Waals surface area contributed by atoms with E-state index in [1.807, 2.05) is 33.7 Å². The van der Waals surface area contributed by atoms with Crippen molar-refractivity contribution in [1.82, 2.24) is 19.8 Å². The number of nitrogens with one attached hydrogen (secondary N) is 2. The fourth-order valence-electron chi connectivity index (χ4n) is 3.82. The lowest BCUT2D eigenvalue weighted by Crippen LogP contribution is -2.43. The molecule has 1 aromatic carbocycles. The molecule has 2 fully saturated rings. The second-order valence-electron chi connectivity index (χ2n) is 6.58. The Labute approximate surface area is 138 Å². The molecule has 0 spiro atoms. The quantitative estimate of drug-likeness (QED) is 0.848. The molecule has 7 nitrogen and oxygen atoms in total. The van der Waals surface area contributed by atoms with Crippen LogP contribution in [0.1, 0.15) is 25.3 Å². The Morgan fingerprint density at radius 3 is 2.58 bits per heavy atom. The average molecular weight is 328 g/mol. The number of piperidine rings is 1. The van der Waals surface area contributed by atoms with Crippen LogP contribution in [0, 0.1) is 5.92 Å². The van der Waals surface area contributed by atoms with E-state index in [1.54, 1.807) is 0 Å². The van der Waals surface area contributed by atoms with Crippen LogP contribution < -0.4 is 11.0 Å². The lowest BCUT2D eigenvalue weighted by Gasteiger charge is -2.33. The van der Waals surface area contributed by atoms with Crippen molar-refractivity contribution in [3.8, 4) is 0 Å². The molecular weight excluding hydrogens is 308 g/mol. The summed E-state index contributed by atoms with van der Waals surface area (Å²) >= 11 is 0. The van der Waals surface area contributed by atoms with Crippen LogP contribution in [0.15, 0.2) is 29.1 Å². The molecule has 0 bridgehead atoms. The van der Waals surface area contributed by atoms with Crippen molar-refractivity contribution < 1.29 is 9.59 Å². The highest BCUT2D eigenvalue weighted by Crippen LogP contribution is 2.26. The number of amides is 2. The van der Waals surface area contributed by atoms with Gasteiger partial charge in [-0.2, -0.15) is 0 Å². The summed E-state index contributed by atoms with van der Waals surface area (Å²) in [7, 11) is 0. The molecule has 24 heavy (non-hydrogen) atoms. The van der Waals surface area contributed by atoms with E-state index >= 15 is 0 Å². The number of fused-ring (bicyclic) bond motifs is 1. The van der Waals surface area contributed by atoms with Crippen LogP contribution >= 0.6 is 0 Å². The van der Waals surface area contributed by atoms with Crippen molar-refractivity contribution in [3.63, 3.8) is 0 Å². The van der Waals surface area contributed by atoms with Gasteiger partial charge in [0.15, 0.2) is 0 Å². The largest absolute Gasteiger partial charge is 0.355 e. The minimum atomic E-state index is -0.232. The van der Waals surface area contributed by atoms with Crippen molar-refractivity contribution >= 4 is 22.8 Å². The summed E-state index contributed by atoms with van der Waals surface area (Å²) in [5, 5.41) is 2.71. The second-order valence-corrected chi connectivity index (χ2v) is 6.58. The van der Waals surface area contributed by atoms with Gasteiger partial charge in [0.1, 0.15) is 0 Å². The molecule has 2 N–H and O–H groups in total. The third kappa shape index (κ3) is 2.50. The molecule has 1 aromatic heterocycles. The summed E-state index contributed by atoms with van der Waals surface area (Å²) in [5.74, 6) is -0.225. The van der Waals surface area contributed by atoms with Gasteiger partial charge in [0.05, 0.1) is 17.0 Å². The Hall–Kier alpha value is -2.57. The Morgan fingerprint density at radius 1 is 1.12 bits per heavy atom. The highest BCUT2D eigenvalue weighted by molar-refractivity contribution is 5.89. The first-order valence-corrected chi connectivity index (χ1v) is 8.38. The number of carbonyl (C=O) groups excluding carboxylic acids is 2. The van der Waals surface area contributed by atoms with Crippen LogP contribution in [0.5, 0.6) is 0 Å². The number of likely N-dealkylation sites (tertiary alicyclic amines) is 1. The van der Waals surface area contributed by atoms with Gasteiger partial charge >= 0.3 is 5.69 Å². The smallest absolute Gasteiger partial charge is 0.326 e. The molecule has 3 heterocycles. The van der Waals surface area contributed by atoms with Crippen LogP contribution in [0.4, 0.5) is 0 Å². The standard InChI is InChI=1S/C17H20N4O3/c22-15-9-11(10-18-15)16(23)20-7-5-12(6-8-20)21-14-4-2-1-3-13(14)19-17(21)24/h1-4,11-12H,5-10H2,(H,18,22)(H,19,24). The van der Waals surface area contributed by atoms with Crippen LogP contribution in [-0.2, 0) is 9.59 Å². The molecule has 4 rings (SSSR count). The Morgan fingerprint density at radius 2 is 1.88 bits per heavy atom. The van der Waals surface area contributed by atoms with E-state index in [0.717, 1.165) is 23.9 Å². The first-order chi connectivity index (χ1) is 11.6. The van der Waals surface area contributed by atoms with Crippen molar-refractivity contribution in [3.05, 3.63) is 34.7 Å². The number of benzene rings is 1. The molecule has 7 heteroatoms. The van der Waals surface area contributed by atoms with Gasteiger partial charge in [0.25, 0.3) is 0 Å². The van der Waals surface area contributed by atoms with Gasteiger partial charge in [-0.15, -0.1) is 0 Å². The number of imidazole rings is 1. The zero-order valence-corrected chi connectivity index (χ0v) is 13.3. The minimum absolute atomic E-state index is 0.0476. The molecule has 2 amide bonds. The number of hydrogen-bond donors (Lipinski definition) is 2. The summed E-state index contributed by atoms with van der Waals surface area (Å²) in [4.78, 5) is 40.8. The lowest BCUT2D eigenvalue weighted by molar-refractivity contribution is -0.137. The molecule has 126 valence electrons. The summed E-state index contributed by atoms with van der Waals surface area (Å²) < 4.78 is 1.82. The lowest BCUT2D eigenvalue weighted by atomic mass is 10.0. The highest BCUT2D eigenvalue weighted by atomic mass is 16.2. The van der Waals surface area contributed by atoms with Crippen molar-refractivity contribution in [1.29, 1.82) is 0 Å². The third-order valence-electron chi connectivity index (χ3n) is 5.09. The van der Waals surface area contributed by atoms with E-state index in [4.69, 9.17) is 0 Å². The van der Waals surface area contributed by atoms with Crippen molar-refractivity contribution in [2.75, 3.05) is 19.6 Å². The molecule has 2 aromatic rings. The number of carbonyl (C=O) groups is 2. The number of para-hydroxylation sites is 2. The zero-order chi connectivity index (χ0) is 16.7. The molecular formula is C17H20N4O3. The number of aromatic amines is 1. The first-order valence-electron chi connectivity index (χ1n) is 8.38. The molecule has 0 radical (unpaired) electrons. The van der Waals surface area contributed by atoms with E-state index in [-0.39, 0.29) is 29.5 Å². The SMILES string of the molecule is O=C1CC(C(=O)N2CCC(n3c(=O)[nH]c4ccccc43)CC2)CN1. The first kappa shape index (κ1) is 15.0. The number of aromatic nitrogens is 2. The van der Waals surface area contributed by atoms with E-state index in [0.29, 0.717) is 26.1 Å². The maximum atomic E-state index is 12.5. The fourth-order valence-corrected chi connectivity index (χ4v) is 3.82. The minimum Gasteiger partial charge on any atom is -0.355 e. The predicted octanol–water partition coefficient (Wildman–Crippen LogP) is 0.629. The van der Waals surface area contributed by atoms with Gasteiger partial charge in [-0.1, -0.05) is 12.1 Å². The maximum absolute atomic E-state index is 12.5. The van der Waals surface area contributed by atoms with Crippen molar-refractivity contribution in [2.45, 2.75) is 25.3 Å². The van der Waals surface area contributed by atoms with E-state index < -0.39 is 0 Å². The van der Waals surface area contributed by atoms with Crippen LogP contribution in [0.2, 0.25) is 0 Å². The molecule has 2 aliphatic rings. The molecule has 0 aliphatic carbocycles. The van der Waals surface area contributed by atoms with Gasteiger partial charge in [0, 0.05) is 32.1 Å². The Balaban J connectivity index is 1.48. The maximum Gasteiger partial charge on any atom is 0.326 e. The Bertz CT molecular complexity index is 845. The fraction of sp³-hybridized carbons (Fsp3) is 0.471. The molecule has 1 unspecified atom stereocenters. The number of nitrogens with zero attached hydrogens (tertiary/aromatic N) is 2. The molecule has 0 saturated carbocycles. The van der Waals surface area contributed by atoms with Crippen molar-refractivity contribution in [2.24, 2.45) is 5.92 Å². The number of hydrogen-bond acceptors (Lipinski definition) is 3. The van der Waals surface area contributed by atoms with Gasteiger partial charge < -0.3 is 15.2 Å². The second kappa shape index (κ2) is 5.81. The third-order valence-corrected chi connectivity index (χ3v) is 5.09. The summed E-state index contributed by atoms with van der Waals surface area (Å²) in [6, 6.07) is 7.77. The van der Waals surface area contributed by atoms with E-state index in [1.165, 1.54) is 0 Å². The summed E-state index contributed by atoms with van der Waals surface area (Å²) in [6.45, 7) is 1.69. The van der Waals surface area contributed by atoms with Gasteiger partial charge in [-0.25, -0.2) is 4.79 Å². The van der Waals surface area contributed by atoms with Gasteiger partial charge in [-0.05, 0) is 25.0 Å². The average Bonchev–Trinajstić information content (AvgIpc) is 3.17.